The normalized spacial score (nSPS) is 14.4. The van der Waals surface area contributed by atoms with E-state index in [9.17, 15) is 18.0 Å². The van der Waals surface area contributed by atoms with E-state index in [1.54, 1.807) is 44.3 Å². The van der Waals surface area contributed by atoms with Gasteiger partial charge in [0.2, 0.25) is 0 Å². The Morgan fingerprint density at radius 3 is 2.61 bits per heavy atom. The number of halogens is 1. The number of benzene rings is 1. The summed E-state index contributed by atoms with van der Waals surface area (Å²) in [6.07, 6.45) is 6.73. The Labute approximate surface area is 194 Å². The van der Waals surface area contributed by atoms with Crippen LogP contribution in [0.2, 0.25) is 5.02 Å². The van der Waals surface area contributed by atoms with Crippen LogP contribution in [0.1, 0.15) is 31.1 Å². The number of rotatable bonds is 7. The summed E-state index contributed by atoms with van der Waals surface area (Å²) >= 11 is 6.09. The molecule has 0 atom stereocenters. The first-order valence-electron chi connectivity index (χ1n) is 10.6. The lowest BCUT2D eigenvalue weighted by molar-refractivity contribution is 0.577. The first kappa shape index (κ1) is 21.8. The molecule has 0 N–H and O–H groups in total. The number of sulfone groups is 1. The topological polar surface area (TPSA) is 109 Å². The Bertz CT molecular complexity index is 1620. The van der Waals surface area contributed by atoms with Crippen molar-refractivity contribution in [3.05, 3.63) is 68.3 Å². The van der Waals surface area contributed by atoms with Crippen LogP contribution < -0.4 is 11.2 Å². The lowest BCUT2D eigenvalue weighted by Crippen LogP contribution is -2.28. The van der Waals surface area contributed by atoms with Crippen LogP contribution >= 0.6 is 11.6 Å². The van der Waals surface area contributed by atoms with Gasteiger partial charge in [-0.1, -0.05) is 11.6 Å². The van der Waals surface area contributed by atoms with Gasteiger partial charge < -0.3 is 4.57 Å². The number of aryl methyl sites for hydroxylation is 1. The Hall–Kier alpha value is -2.98. The molecule has 9 nitrogen and oxygen atoms in total. The summed E-state index contributed by atoms with van der Waals surface area (Å²) < 4.78 is 28.5. The van der Waals surface area contributed by atoms with E-state index in [1.165, 1.54) is 6.26 Å². The SMILES string of the molecule is CS(=O)(=O)CCCn1c(Cn2c(=O)n(C3CC3)c3ccncc32)nc(=O)c2cc(Cl)ccc21. The maximum atomic E-state index is 13.3. The van der Waals surface area contributed by atoms with Crippen LogP contribution in [0.3, 0.4) is 0 Å². The summed E-state index contributed by atoms with van der Waals surface area (Å²) in [4.78, 5) is 34.6. The standard InChI is InChI=1S/C22H22ClN5O4S/c1-33(31,32)10-2-9-26-17-6-3-14(23)11-16(17)21(29)25-20(26)13-27-19-12-24-8-7-18(19)28(22(27)30)15-4-5-15/h3,6-8,11-12,15H,2,4-5,9-10,13H2,1H3. The Morgan fingerprint density at radius 1 is 1.09 bits per heavy atom. The van der Waals surface area contributed by atoms with Crippen molar-refractivity contribution in [3.63, 3.8) is 0 Å². The first-order valence-corrected chi connectivity index (χ1v) is 13.1. The van der Waals surface area contributed by atoms with Gasteiger partial charge in [0.05, 0.1) is 40.4 Å². The van der Waals surface area contributed by atoms with Crippen molar-refractivity contribution in [3.8, 4) is 0 Å². The van der Waals surface area contributed by atoms with Crippen molar-refractivity contribution in [1.29, 1.82) is 0 Å². The molecule has 0 radical (unpaired) electrons. The smallest absolute Gasteiger partial charge is 0.327 e. The summed E-state index contributed by atoms with van der Waals surface area (Å²) in [6.45, 7) is 0.384. The highest BCUT2D eigenvalue weighted by atomic mass is 35.5. The maximum Gasteiger partial charge on any atom is 0.329 e. The molecule has 1 saturated carbocycles. The zero-order valence-electron chi connectivity index (χ0n) is 17.9. The van der Waals surface area contributed by atoms with Crippen LogP contribution in [0.25, 0.3) is 21.9 Å². The Kier molecular flexibility index (Phi) is 5.37. The lowest BCUT2D eigenvalue weighted by atomic mass is 10.2. The fraction of sp³-hybridized carbons (Fsp3) is 0.364. The quantitative estimate of drug-likeness (QED) is 0.396. The number of hydrogen-bond acceptors (Lipinski definition) is 6. The predicted octanol–water partition coefficient (Wildman–Crippen LogP) is 2.38. The third-order valence-corrected chi connectivity index (χ3v) is 7.16. The molecule has 3 heterocycles. The van der Waals surface area contributed by atoms with Gasteiger partial charge in [0.1, 0.15) is 15.7 Å². The maximum absolute atomic E-state index is 13.3. The minimum atomic E-state index is -3.15. The summed E-state index contributed by atoms with van der Waals surface area (Å²) in [6, 6.07) is 6.95. The van der Waals surface area contributed by atoms with Crippen LogP contribution in [0, 0.1) is 0 Å². The first-order chi connectivity index (χ1) is 15.7. The molecule has 0 bridgehead atoms. The molecule has 1 aromatic carbocycles. The summed E-state index contributed by atoms with van der Waals surface area (Å²) in [5.74, 6) is 0.377. The summed E-state index contributed by atoms with van der Waals surface area (Å²) in [5.41, 5.74) is 1.45. The number of aromatic nitrogens is 5. The van der Waals surface area contributed by atoms with Gasteiger partial charge in [-0.25, -0.2) is 13.2 Å². The highest BCUT2D eigenvalue weighted by Gasteiger charge is 2.29. The van der Waals surface area contributed by atoms with Gasteiger partial charge in [-0.3, -0.25) is 18.9 Å². The average molecular weight is 488 g/mol. The number of hydrogen-bond donors (Lipinski definition) is 0. The molecule has 33 heavy (non-hydrogen) atoms. The largest absolute Gasteiger partial charge is 0.329 e. The van der Waals surface area contributed by atoms with Crippen molar-refractivity contribution in [1.82, 2.24) is 23.7 Å². The second kappa shape index (κ2) is 8.11. The van der Waals surface area contributed by atoms with Gasteiger partial charge in [0.25, 0.3) is 5.56 Å². The monoisotopic (exact) mass is 487 g/mol. The van der Waals surface area contributed by atoms with Crippen molar-refractivity contribution in [2.24, 2.45) is 0 Å². The lowest BCUT2D eigenvalue weighted by Gasteiger charge is -2.16. The van der Waals surface area contributed by atoms with Crippen LogP contribution in [0.15, 0.2) is 46.2 Å². The zero-order chi connectivity index (χ0) is 23.3. The Morgan fingerprint density at radius 2 is 1.88 bits per heavy atom. The van der Waals surface area contributed by atoms with Crippen molar-refractivity contribution in [2.75, 3.05) is 12.0 Å². The van der Waals surface area contributed by atoms with E-state index in [0.717, 1.165) is 18.4 Å². The highest BCUT2D eigenvalue weighted by molar-refractivity contribution is 7.90. The second-order valence-electron chi connectivity index (χ2n) is 8.46. The fourth-order valence-corrected chi connectivity index (χ4v) is 5.08. The molecule has 0 unspecified atom stereocenters. The van der Waals surface area contributed by atoms with Gasteiger partial charge in [-0.05, 0) is 43.5 Å². The van der Waals surface area contributed by atoms with Crippen molar-refractivity contribution < 1.29 is 8.42 Å². The third-order valence-electron chi connectivity index (χ3n) is 5.90. The molecule has 0 amide bonds. The fourth-order valence-electron chi connectivity index (χ4n) is 4.25. The molecular weight excluding hydrogens is 466 g/mol. The highest BCUT2D eigenvalue weighted by Crippen LogP contribution is 2.36. The van der Waals surface area contributed by atoms with Crippen LogP contribution in [0.4, 0.5) is 0 Å². The number of pyridine rings is 1. The second-order valence-corrected chi connectivity index (χ2v) is 11.2. The van der Waals surface area contributed by atoms with E-state index in [2.05, 4.69) is 9.97 Å². The van der Waals surface area contributed by atoms with E-state index in [1.807, 2.05) is 6.07 Å². The molecule has 0 spiro atoms. The van der Waals surface area contributed by atoms with Gasteiger partial charge >= 0.3 is 5.69 Å². The molecule has 11 heteroatoms. The molecule has 1 aliphatic rings. The van der Waals surface area contributed by atoms with Crippen molar-refractivity contribution >= 4 is 43.4 Å². The van der Waals surface area contributed by atoms with E-state index in [0.29, 0.717) is 40.2 Å². The molecule has 1 fully saturated rings. The van der Waals surface area contributed by atoms with E-state index < -0.39 is 15.4 Å². The minimum absolute atomic E-state index is 0.00148. The van der Waals surface area contributed by atoms with Gasteiger partial charge in [-0.15, -0.1) is 0 Å². The third kappa shape index (κ3) is 4.20. The molecule has 172 valence electrons. The molecule has 3 aromatic heterocycles. The van der Waals surface area contributed by atoms with E-state index in [-0.39, 0.29) is 24.0 Å². The molecule has 5 rings (SSSR count). The van der Waals surface area contributed by atoms with Crippen LogP contribution in [-0.4, -0.2) is 44.1 Å². The molecule has 1 aliphatic carbocycles. The van der Waals surface area contributed by atoms with Gasteiger partial charge in [0.15, 0.2) is 0 Å². The molecule has 0 saturated heterocycles. The van der Waals surface area contributed by atoms with Gasteiger partial charge in [-0.2, -0.15) is 4.98 Å². The van der Waals surface area contributed by atoms with Gasteiger partial charge in [0, 0.05) is 30.1 Å². The minimum Gasteiger partial charge on any atom is -0.327 e. The molecule has 4 aromatic rings. The molecule has 0 aliphatic heterocycles. The molecular formula is C22H22ClN5O4S. The number of nitrogens with zero attached hydrogens (tertiary/aromatic N) is 5. The number of fused-ring (bicyclic) bond motifs is 2. The summed E-state index contributed by atoms with van der Waals surface area (Å²) in [5, 5.41) is 0.756. The van der Waals surface area contributed by atoms with E-state index >= 15 is 0 Å². The van der Waals surface area contributed by atoms with Crippen LogP contribution in [-0.2, 0) is 22.9 Å². The Balaban J connectivity index is 1.66. The zero-order valence-corrected chi connectivity index (χ0v) is 19.5. The van der Waals surface area contributed by atoms with E-state index in [4.69, 9.17) is 11.6 Å². The van der Waals surface area contributed by atoms with Crippen molar-refractivity contribution in [2.45, 2.75) is 38.4 Å². The summed E-state index contributed by atoms with van der Waals surface area (Å²) in [7, 11) is -3.15. The van der Waals surface area contributed by atoms with Crippen LogP contribution in [0.5, 0.6) is 0 Å². The number of imidazole rings is 1. The average Bonchev–Trinajstić information content (AvgIpc) is 3.55. The predicted molar refractivity (Wildman–Crippen MR) is 127 cm³/mol.